The van der Waals surface area contributed by atoms with Crippen LogP contribution in [0.1, 0.15) is 174 Å². The van der Waals surface area contributed by atoms with Gasteiger partial charge < -0.3 is 34.3 Å². The molecule has 0 aromatic carbocycles. The lowest BCUT2D eigenvalue weighted by molar-refractivity contribution is -0.301. The summed E-state index contributed by atoms with van der Waals surface area (Å²) in [5.74, 6) is -0.400. The number of esters is 1. The van der Waals surface area contributed by atoms with Crippen molar-refractivity contribution in [3.05, 3.63) is 0 Å². The van der Waals surface area contributed by atoms with Gasteiger partial charge in [0.2, 0.25) is 0 Å². The number of ether oxygens (including phenoxy) is 4. The van der Waals surface area contributed by atoms with Gasteiger partial charge in [0, 0.05) is 13.0 Å². The standard InChI is InChI=1S/C38H74O12S/c1-3-5-7-9-11-13-14-15-16-17-18-20-22-24-26-28-46-30-32(48-34(40)27-25-23-21-19-12-10-8-6-4-2)31-47-38-36(42)37(50-51(43,44)45)35(41)33(29-39)49-38/h32-33,35-39,41-42H,3-31H2,1-2H3,(H,43,44,45). The van der Waals surface area contributed by atoms with Crippen molar-refractivity contribution in [3.8, 4) is 0 Å². The summed E-state index contributed by atoms with van der Waals surface area (Å²) in [5.41, 5.74) is 0. The Morgan fingerprint density at radius 3 is 1.57 bits per heavy atom. The van der Waals surface area contributed by atoms with Crippen molar-refractivity contribution in [2.24, 2.45) is 0 Å². The van der Waals surface area contributed by atoms with Gasteiger partial charge in [-0.15, -0.1) is 0 Å². The molecule has 1 rings (SSSR count). The maximum absolute atomic E-state index is 12.7. The molecular formula is C38H74O12S. The van der Waals surface area contributed by atoms with Crippen LogP contribution < -0.4 is 0 Å². The molecule has 1 fully saturated rings. The number of hydrogen-bond donors (Lipinski definition) is 4. The van der Waals surface area contributed by atoms with Gasteiger partial charge in [0.15, 0.2) is 6.29 Å². The molecular weight excluding hydrogens is 680 g/mol. The third-order valence-electron chi connectivity index (χ3n) is 9.48. The van der Waals surface area contributed by atoms with Crippen LogP contribution in [0.25, 0.3) is 0 Å². The second kappa shape index (κ2) is 31.5. The first-order valence-corrected chi connectivity index (χ1v) is 21.7. The molecule has 0 radical (unpaired) electrons. The fraction of sp³-hybridized carbons (Fsp3) is 0.974. The molecule has 0 aromatic rings. The van der Waals surface area contributed by atoms with Crippen molar-refractivity contribution in [2.45, 2.75) is 211 Å². The highest BCUT2D eigenvalue weighted by Gasteiger charge is 2.48. The Morgan fingerprint density at radius 1 is 0.667 bits per heavy atom. The first kappa shape index (κ1) is 48.1. The van der Waals surface area contributed by atoms with E-state index in [-0.39, 0.29) is 19.6 Å². The van der Waals surface area contributed by atoms with E-state index in [1.54, 1.807) is 0 Å². The molecule has 13 heteroatoms. The van der Waals surface area contributed by atoms with Crippen molar-refractivity contribution >= 4 is 16.4 Å². The molecule has 1 saturated heterocycles. The third-order valence-corrected chi connectivity index (χ3v) is 9.94. The predicted octanol–water partition coefficient (Wildman–Crippen LogP) is 7.35. The molecule has 0 aromatic heterocycles. The van der Waals surface area contributed by atoms with Crippen LogP contribution >= 0.6 is 0 Å². The third kappa shape index (κ3) is 25.7. The topological polar surface area (TPSA) is 178 Å². The van der Waals surface area contributed by atoms with Gasteiger partial charge in [0.05, 0.1) is 19.8 Å². The normalized spacial score (nSPS) is 21.6. The average Bonchev–Trinajstić information content (AvgIpc) is 3.09. The summed E-state index contributed by atoms with van der Waals surface area (Å²) in [7, 11) is -5.05. The van der Waals surface area contributed by atoms with Crippen LogP contribution in [0.15, 0.2) is 0 Å². The molecule has 0 aliphatic carbocycles. The first-order valence-electron chi connectivity index (χ1n) is 20.3. The average molecular weight is 755 g/mol. The number of unbranched alkanes of at least 4 members (excludes halogenated alkanes) is 22. The minimum atomic E-state index is -5.05. The Kier molecular flexibility index (Phi) is 29.7. The van der Waals surface area contributed by atoms with Crippen molar-refractivity contribution in [2.75, 3.05) is 26.4 Å². The number of carbonyl (C=O) groups is 1. The summed E-state index contributed by atoms with van der Waals surface area (Å²) in [6, 6.07) is 0. The van der Waals surface area contributed by atoms with Crippen LogP contribution in [0.5, 0.6) is 0 Å². The van der Waals surface area contributed by atoms with Crippen molar-refractivity contribution in [3.63, 3.8) is 0 Å². The Hall–Kier alpha value is -0.900. The second-order valence-corrected chi connectivity index (χ2v) is 15.3. The molecule has 304 valence electrons. The summed E-state index contributed by atoms with van der Waals surface area (Å²) < 4.78 is 58.8. The van der Waals surface area contributed by atoms with Gasteiger partial charge in [-0.2, -0.15) is 8.42 Å². The fourth-order valence-electron chi connectivity index (χ4n) is 6.38. The van der Waals surface area contributed by atoms with Crippen LogP contribution in [0.2, 0.25) is 0 Å². The summed E-state index contributed by atoms with van der Waals surface area (Å²) >= 11 is 0. The SMILES string of the molecule is CCCCCCCCCCCCCCCCCOCC(COC1OC(CO)C(O)C(OS(=O)(=O)O)C1O)OC(=O)CCCCCCCCCCC. The summed E-state index contributed by atoms with van der Waals surface area (Å²) in [5, 5.41) is 30.5. The smallest absolute Gasteiger partial charge is 0.397 e. The quantitative estimate of drug-likeness (QED) is 0.0288. The van der Waals surface area contributed by atoms with Gasteiger partial charge >= 0.3 is 16.4 Å². The minimum Gasteiger partial charge on any atom is -0.457 e. The highest BCUT2D eigenvalue weighted by atomic mass is 32.3. The monoisotopic (exact) mass is 754 g/mol. The Balaban J connectivity index is 2.45. The molecule has 0 amide bonds. The second-order valence-electron chi connectivity index (χ2n) is 14.2. The molecule has 0 spiro atoms. The molecule has 1 aliphatic rings. The van der Waals surface area contributed by atoms with E-state index < -0.39 is 59.8 Å². The molecule has 6 atom stereocenters. The number of hydrogen-bond acceptors (Lipinski definition) is 11. The maximum atomic E-state index is 12.7. The van der Waals surface area contributed by atoms with Crippen LogP contribution in [0, 0.1) is 0 Å². The highest BCUT2D eigenvalue weighted by molar-refractivity contribution is 7.80. The van der Waals surface area contributed by atoms with Gasteiger partial charge in [0.1, 0.15) is 30.5 Å². The molecule has 6 unspecified atom stereocenters. The minimum absolute atomic E-state index is 0.0436. The van der Waals surface area contributed by atoms with Crippen molar-refractivity contribution < 1.29 is 56.2 Å². The molecule has 0 saturated carbocycles. The lowest BCUT2D eigenvalue weighted by Crippen LogP contribution is -2.60. The fourth-order valence-corrected chi connectivity index (χ4v) is 6.89. The first-order chi connectivity index (χ1) is 24.6. The van der Waals surface area contributed by atoms with Gasteiger partial charge in [-0.25, -0.2) is 4.18 Å². The van der Waals surface area contributed by atoms with Crippen LogP contribution in [0.3, 0.4) is 0 Å². The predicted molar refractivity (Wildman–Crippen MR) is 198 cm³/mol. The summed E-state index contributed by atoms with van der Waals surface area (Å²) in [6.07, 6.45) is 20.1. The molecule has 1 aliphatic heterocycles. The van der Waals surface area contributed by atoms with E-state index in [1.807, 2.05) is 0 Å². The van der Waals surface area contributed by atoms with E-state index in [0.717, 1.165) is 38.5 Å². The number of carbonyl (C=O) groups excluding carboxylic acids is 1. The van der Waals surface area contributed by atoms with E-state index in [2.05, 4.69) is 18.0 Å². The largest absolute Gasteiger partial charge is 0.457 e. The number of aliphatic hydroxyl groups excluding tert-OH is 3. The molecule has 0 bridgehead atoms. The van der Waals surface area contributed by atoms with Gasteiger partial charge in [-0.05, 0) is 12.8 Å². The van der Waals surface area contributed by atoms with E-state index in [9.17, 15) is 28.5 Å². The van der Waals surface area contributed by atoms with Gasteiger partial charge in [0.25, 0.3) is 0 Å². The summed E-state index contributed by atoms with van der Waals surface area (Å²) in [4.78, 5) is 12.7. The zero-order chi connectivity index (χ0) is 37.6. The highest BCUT2D eigenvalue weighted by Crippen LogP contribution is 2.26. The van der Waals surface area contributed by atoms with Crippen molar-refractivity contribution in [1.29, 1.82) is 0 Å². The molecule has 4 N–H and O–H groups in total. The lowest BCUT2D eigenvalue weighted by Gasteiger charge is -2.41. The van der Waals surface area contributed by atoms with E-state index in [0.29, 0.717) is 13.0 Å². The van der Waals surface area contributed by atoms with E-state index in [1.165, 1.54) is 109 Å². The van der Waals surface area contributed by atoms with Crippen LogP contribution in [-0.2, 0) is 38.3 Å². The Labute approximate surface area is 309 Å². The van der Waals surface area contributed by atoms with E-state index >= 15 is 0 Å². The Bertz CT molecular complexity index is 921. The maximum Gasteiger partial charge on any atom is 0.397 e. The molecule has 12 nitrogen and oxygen atoms in total. The Morgan fingerprint density at radius 2 is 1.12 bits per heavy atom. The molecule has 51 heavy (non-hydrogen) atoms. The lowest BCUT2D eigenvalue weighted by atomic mass is 9.99. The zero-order valence-electron chi connectivity index (χ0n) is 31.9. The van der Waals surface area contributed by atoms with Crippen molar-refractivity contribution in [1.82, 2.24) is 0 Å². The number of aliphatic hydroxyl groups is 3. The number of rotatable bonds is 35. The van der Waals surface area contributed by atoms with Gasteiger partial charge in [-0.3, -0.25) is 9.35 Å². The zero-order valence-corrected chi connectivity index (χ0v) is 32.7. The molecule has 1 heterocycles. The summed E-state index contributed by atoms with van der Waals surface area (Å²) in [6.45, 7) is 3.97. The van der Waals surface area contributed by atoms with Crippen LogP contribution in [-0.4, -0.2) is 97.5 Å². The van der Waals surface area contributed by atoms with E-state index in [4.69, 9.17) is 23.5 Å². The van der Waals surface area contributed by atoms with Gasteiger partial charge in [-0.1, -0.05) is 155 Å². The van der Waals surface area contributed by atoms with Crippen LogP contribution in [0.4, 0.5) is 0 Å².